The van der Waals surface area contributed by atoms with Gasteiger partial charge in [-0.15, -0.1) is 0 Å². The Morgan fingerprint density at radius 2 is 1.52 bits per heavy atom. The summed E-state index contributed by atoms with van der Waals surface area (Å²) in [5.41, 5.74) is 5.12. The van der Waals surface area contributed by atoms with Crippen molar-refractivity contribution in [1.29, 1.82) is 0 Å². The van der Waals surface area contributed by atoms with Crippen molar-refractivity contribution in [2.75, 3.05) is 6.61 Å². The Morgan fingerprint density at radius 1 is 0.889 bits per heavy atom. The Balaban J connectivity index is 1.51. The second-order valence-corrected chi connectivity index (χ2v) is 6.42. The normalized spacial score (nSPS) is 10.7. The molecule has 1 amide bonds. The van der Waals surface area contributed by atoms with Gasteiger partial charge in [0.15, 0.2) is 6.61 Å². The SMILES string of the molecule is O=C(COc1ccc(-c2ccccc2)cc1)N/N=C/c1c(Cl)cccc1Cl. The first kappa shape index (κ1) is 19.0. The topological polar surface area (TPSA) is 50.7 Å². The van der Waals surface area contributed by atoms with Gasteiger partial charge >= 0.3 is 0 Å². The lowest BCUT2D eigenvalue weighted by Crippen LogP contribution is -2.24. The molecular weight excluding hydrogens is 383 g/mol. The van der Waals surface area contributed by atoms with E-state index in [1.807, 2.05) is 54.6 Å². The molecule has 3 aromatic carbocycles. The Hall–Kier alpha value is -2.82. The largest absolute Gasteiger partial charge is 0.484 e. The molecule has 0 saturated heterocycles. The second-order valence-electron chi connectivity index (χ2n) is 5.61. The summed E-state index contributed by atoms with van der Waals surface area (Å²) < 4.78 is 5.47. The maximum absolute atomic E-state index is 11.8. The standard InChI is InChI=1S/C21H16Cl2N2O2/c22-19-7-4-8-20(23)18(19)13-24-25-21(26)14-27-17-11-9-16(10-12-17)15-5-2-1-3-6-15/h1-13H,14H2,(H,25,26)/b24-13+. The van der Waals surface area contributed by atoms with Crippen molar-refractivity contribution in [1.82, 2.24) is 5.43 Å². The first-order chi connectivity index (χ1) is 13.1. The first-order valence-corrected chi connectivity index (χ1v) is 8.93. The van der Waals surface area contributed by atoms with Crippen LogP contribution in [0.5, 0.6) is 5.75 Å². The lowest BCUT2D eigenvalue weighted by molar-refractivity contribution is -0.123. The molecule has 0 aliphatic carbocycles. The summed E-state index contributed by atoms with van der Waals surface area (Å²) in [6.45, 7) is -0.154. The van der Waals surface area contributed by atoms with Gasteiger partial charge in [-0.2, -0.15) is 5.10 Å². The van der Waals surface area contributed by atoms with E-state index in [2.05, 4.69) is 10.5 Å². The lowest BCUT2D eigenvalue weighted by Gasteiger charge is -2.07. The molecule has 0 saturated carbocycles. The lowest BCUT2D eigenvalue weighted by atomic mass is 10.1. The van der Waals surface area contributed by atoms with Crippen LogP contribution in [0, 0.1) is 0 Å². The number of ether oxygens (including phenoxy) is 1. The van der Waals surface area contributed by atoms with Crippen LogP contribution in [0.1, 0.15) is 5.56 Å². The smallest absolute Gasteiger partial charge is 0.277 e. The van der Waals surface area contributed by atoms with Gasteiger partial charge in [-0.05, 0) is 35.4 Å². The molecule has 0 fully saturated rings. The van der Waals surface area contributed by atoms with E-state index in [9.17, 15) is 4.79 Å². The predicted molar refractivity (Wildman–Crippen MR) is 110 cm³/mol. The van der Waals surface area contributed by atoms with Gasteiger partial charge in [0.05, 0.1) is 16.3 Å². The van der Waals surface area contributed by atoms with Gasteiger partial charge in [-0.25, -0.2) is 5.43 Å². The molecule has 4 nitrogen and oxygen atoms in total. The van der Waals surface area contributed by atoms with Crippen LogP contribution in [0.2, 0.25) is 10.0 Å². The highest BCUT2D eigenvalue weighted by atomic mass is 35.5. The summed E-state index contributed by atoms with van der Waals surface area (Å²) in [6.07, 6.45) is 1.40. The highest BCUT2D eigenvalue weighted by Crippen LogP contribution is 2.23. The van der Waals surface area contributed by atoms with Crippen LogP contribution in [0.15, 0.2) is 77.9 Å². The van der Waals surface area contributed by atoms with E-state index in [0.29, 0.717) is 21.4 Å². The Kier molecular flexibility index (Phi) is 6.47. The summed E-state index contributed by atoms with van der Waals surface area (Å²) in [5.74, 6) is 0.213. The van der Waals surface area contributed by atoms with Crippen molar-refractivity contribution in [3.8, 4) is 16.9 Å². The summed E-state index contributed by atoms with van der Waals surface area (Å²) in [4.78, 5) is 11.8. The molecule has 0 atom stereocenters. The van der Waals surface area contributed by atoms with Crippen LogP contribution in [0.25, 0.3) is 11.1 Å². The quantitative estimate of drug-likeness (QED) is 0.458. The number of benzene rings is 3. The highest BCUT2D eigenvalue weighted by Gasteiger charge is 2.04. The number of nitrogens with one attached hydrogen (secondary N) is 1. The summed E-state index contributed by atoms with van der Waals surface area (Å²) in [5, 5.41) is 4.76. The van der Waals surface area contributed by atoms with E-state index in [4.69, 9.17) is 27.9 Å². The van der Waals surface area contributed by atoms with Crippen molar-refractivity contribution in [3.63, 3.8) is 0 Å². The van der Waals surface area contributed by atoms with Gasteiger partial charge in [-0.3, -0.25) is 4.79 Å². The second kappa shape index (κ2) is 9.21. The zero-order chi connectivity index (χ0) is 19.1. The Labute approximate surface area is 167 Å². The molecule has 0 aliphatic heterocycles. The zero-order valence-corrected chi connectivity index (χ0v) is 15.7. The average molecular weight is 399 g/mol. The van der Waals surface area contributed by atoms with Crippen LogP contribution in [0.4, 0.5) is 0 Å². The number of carbonyl (C=O) groups excluding carboxylic acids is 1. The predicted octanol–water partition coefficient (Wildman–Crippen LogP) is 5.19. The van der Waals surface area contributed by atoms with E-state index in [1.54, 1.807) is 18.2 Å². The number of hydrogen-bond donors (Lipinski definition) is 1. The molecule has 0 heterocycles. The molecule has 0 unspecified atom stereocenters. The van der Waals surface area contributed by atoms with Crippen molar-refractivity contribution in [3.05, 3.63) is 88.4 Å². The molecule has 27 heavy (non-hydrogen) atoms. The Bertz CT molecular complexity index is 922. The number of carbonyl (C=O) groups is 1. The highest BCUT2D eigenvalue weighted by molar-refractivity contribution is 6.38. The minimum absolute atomic E-state index is 0.154. The minimum atomic E-state index is -0.387. The van der Waals surface area contributed by atoms with E-state index < -0.39 is 0 Å². The molecule has 3 aromatic rings. The van der Waals surface area contributed by atoms with Crippen LogP contribution < -0.4 is 10.2 Å². The molecule has 3 rings (SSSR count). The van der Waals surface area contributed by atoms with Crippen molar-refractivity contribution in [2.24, 2.45) is 5.10 Å². The zero-order valence-electron chi connectivity index (χ0n) is 14.2. The molecule has 1 N–H and O–H groups in total. The van der Waals surface area contributed by atoms with Crippen LogP contribution in [-0.2, 0) is 4.79 Å². The molecular formula is C21H16Cl2N2O2. The number of halogens is 2. The monoisotopic (exact) mass is 398 g/mol. The number of hydrogen-bond acceptors (Lipinski definition) is 3. The van der Waals surface area contributed by atoms with Crippen LogP contribution >= 0.6 is 23.2 Å². The van der Waals surface area contributed by atoms with Gasteiger partial charge in [0.1, 0.15) is 5.75 Å². The fourth-order valence-corrected chi connectivity index (χ4v) is 2.85. The van der Waals surface area contributed by atoms with Crippen molar-refractivity contribution < 1.29 is 9.53 Å². The fourth-order valence-electron chi connectivity index (χ4n) is 2.36. The summed E-state index contributed by atoms with van der Waals surface area (Å²) in [7, 11) is 0. The van der Waals surface area contributed by atoms with E-state index in [1.165, 1.54) is 6.21 Å². The van der Waals surface area contributed by atoms with Crippen molar-refractivity contribution >= 4 is 35.3 Å². The van der Waals surface area contributed by atoms with Crippen LogP contribution in [0.3, 0.4) is 0 Å². The van der Waals surface area contributed by atoms with E-state index in [0.717, 1.165) is 11.1 Å². The fraction of sp³-hybridized carbons (Fsp3) is 0.0476. The van der Waals surface area contributed by atoms with Gasteiger partial charge in [0.2, 0.25) is 0 Å². The molecule has 0 radical (unpaired) electrons. The van der Waals surface area contributed by atoms with Crippen molar-refractivity contribution in [2.45, 2.75) is 0 Å². The third-order valence-electron chi connectivity index (χ3n) is 3.71. The van der Waals surface area contributed by atoms with Gasteiger partial charge in [0, 0.05) is 5.56 Å². The van der Waals surface area contributed by atoms with Gasteiger partial charge in [0.25, 0.3) is 5.91 Å². The Morgan fingerprint density at radius 3 is 2.19 bits per heavy atom. The molecule has 0 aliphatic rings. The number of hydrazone groups is 1. The van der Waals surface area contributed by atoms with Gasteiger partial charge in [-0.1, -0.05) is 71.7 Å². The number of amides is 1. The average Bonchev–Trinajstić information content (AvgIpc) is 2.70. The third kappa shape index (κ3) is 5.33. The molecule has 136 valence electrons. The van der Waals surface area contributed by atoms with Crippen LogP contribution in [-0.4, -0.2) is 18.7 Å². The van der Waals surface area contributed by atoms with E-state index in [-0.39, 0.29) is 12.5 Å². The molecule has 0 aromatic heterocycles. The molecule has 0 bridgehead atoms. The number of nitrogens with zero attached hydrogens (tertiary/aromatic N) is 1. The van der Waals surface area contributed by atoms with E-state index >= 15 is 0 Å². The van der Waals surface area contributed by atoms with Gasteiger partial charge < -0.3 is 4.74 Å². The maximum atomic E-state index is 11.8. The first-order valence-electron chi connectivity index (χ1n) is 8.17. The summed E-state index contributed by atoms with van der Waals surface area (Å²) in [6, 6.07) is 22.7. The summed E-state index contributed by atoms with van der Waals surface area (Å²) >= 11 is 12.1. The maximum Gasteiger partial charge on any atom is 0.277 e. The molecule has 0 spiro atoms. The third-order valence-corrected chi connectivity index (χ3v) is 4.37. The molecule has 6 heteroatoms. The minimum Gasteiger partial charge on any atom is -0.484 e. The number of rotatable bonds is 6.